The quantitative estimate of drug-likeness (QED) is 0.844. The second-order valence-electron chi connectivity index (χ2n) is 3.45. The van der Waals surface area contributed by atoms with Crippen LogP contribution in [0, 0.1) is 6.92 Å². The van der Waals surface area contributed by atoms with E-state index in [9.17, 15) is 4.79 Å². The van der Waals surface area contributed by atoms with Gasteiger partial charge in [-0.2, -0.15) is 0 Å². The number of carbonyl (C=O) groups is 1. The van der Waals surface area contributed by atoms with Crippen molar-refractivity contribution < 1.29 is 9.53 Å². The van der Waals surface area contributed by atoms with E-state index in [1.165, 1.54) is 0 Å². The summed E-state index contributed by atoms with van der Waals surface area (Å²) in [6.07, 6.45) is 0.389. The van der Waals surface area contributed by atoms with Crippen molar-refractivity contribution in [3.05, 3.63) is 28.2 Å². The number of ether oxygens (including phenoxy) is 1. The van der Waals surface area contributed by atoms with Crippen molar-refractivity contribution in [1.82, 2.24) is 0 Å². The van der Waals surface area contributed by atoms with Gasteiger partial charge < -0.3 is 10.1 Å². The molecule has 0 heterocycles. The Kier molecular flexibility index (Phi) is 5.49. The van der Waals surface area contributed by atoms with Gasteiger partial charge in [-0.1, -0.05) is 22.0 Å². The van der Waals surface area contributed by atoms with E-state index in [0.717, 1.165) is 15.7 Å². The second kappa shape index (κ2) is 6.66. The smallest absolute Gasteiger partial charge is 0.226 e. The van der Waals surface area contributed by atoms with Crippen LogP contribution < -0.4 is 5.32 Å². The Morgan fingerprint density at radius 3 is 2.94 bits per heavy atom. The normalized spacial score (nSPS) is 10.2. The van der Waals surface area contributed by atoms with Gasteiger partial charge in [0.1, 0.15) is 0 Å². The summed E-state index contributed by atoms with van der Waals surface area (Å²) in [6, 6.07) is 5.81. The molecule has 1 N–H and O–H groups in total. The van der Waals surface area contributed by atoms with Crippen LogP contribution in [0.4, 0.5) is 5.69 Å². The molecule has 0 spiro atoms. The van der Waals surface area contributed by atoms with Crippen LogP contribution in [-0.4, -0.2) is 19.1 Å². The molecular formula is C12H16BrNO2. The molecule has 0 unspecified atom stereocenters. The zero-order chi connectivity index (χ0) is 12.0. The predicted octanol–water partition coefficient (Wildman–Crippen LogP) is 3.12. The average Bonchev–Trinajstić information content (AvgIpc) is 2.24. The van der Waals surface area contributed by atoms with Crippen LogP contribution in [0.2, 0.25) is 0 Å². The summed E-state index contributed by atoms with van der Waals surface area (Å²) in [5.41, 5.74) is 1.89. The van der Waals surface area contributed by atoms with Crippen LogP contribution in [-0.2, 0) is 9.53 Å². The van der Waals surface area contributed by atoms with Gasteiger partial charge in [-0.3, -0.25) is 4.79 Å². The van der Waals surface area contributed by atoms with E-state index in [-0.39, 0.29) is 5.91 Å². The molecule has 0 bridgehead atoms. The zero-order valence-corrected chi connectivity index (χ0v) is 11.1. The van der Waals surface area contributed by atoms with Crippen LogP contribution in [0.25, 0.3) is 0 Å². The fourth-order valence-corrected chi connectivity index (χ4v) is 1.61. The lowest BCUT2D eigenvalue weighted by atomic mass is 10.2. The minimum Gasteiger partial charge on any atom is -0.381 e. The minimum atomic E-state index is -0.0188. The fraction of sp³-hybridized carbons (Fsp3) is 0.417. The van der Waals surface area contributed by atoms with Gasteiger partial charge in [0.2, 0.25) is 5.91 Å². The van der Waals surface area contributed by atoms with Crippen molar-refractivity contribution in [2.45, 2.75) is 20.3 Å². The molecule has 0 atom stereocenters. The summed E-state index contributed by atoms with van der Waals surface area (Å²) < 4.78 is 6.08. The first-order chi connectivity index (χ1) is 7.63. The molecule has 1 rings (SSSR count). The van der Waals surface area contributed by atoms with E-state index in [0.29, 0.717) is 19.6 Å². The molecule has 0 aromatic heterocycles. The van der Waals surface area contributed by atoms with Gasteiger partial charge in [-0.25, -0.2) is 0 Å². The Hall–Kier alpha value is -0.870. The first-order valence-electron chi connectivity index (χ1n) is 5.27. The van der Waals surface area contributed by atoms with Crippen molar-refractivity contribution in [3.63, 3.8) is 0 Å². The van der Waals surface area contributed by atoms with Crippen LogP contribution in [0.5, 0.6) is 0 Å². The molecule has 0 aliphatic rings. The first-order valence-corrected chi connectivity index (χ1v) is 6.06. The minimum absolute atomic E-state index is 0.0188. The van der Waals surface area contributed by atoms with Gasteiger partial charge in [-0.05, 0) is 31.5 Å². The molecule has 0 saturated heterocycles. The topological polar surface area (TPSA) is 38.3 Å². The van der Waals surface area contributed by atoms with Gasteiger partial charge >= 0.3 is 0 Å². The van der Waals surface area contributed by atoms with Crippen molar-refractivity contribution in [3.8, 4) is 0 Å². The highest BCUT2D eigenvalue weighted by Crippen LogP contribution is 2.20. The number of carbonyl (C=O) groups excluding carboxylic acids is 1. The molecular weight excluding hydrogens is 270 g/mol. The molecule has 3 nitrogen and oxygen atoms in total. The van der Waals surface area contributed by atoms with E-state index < -0.39 is 0 Å². The SMILES string of the molecule is CCOCCC(=O)Nc1cc(Br)ccc1C. The van der Waals surface area contributed by atoms with E-state index >= 15 is 0 Å². The van der Waals surface area contributed by atoms with E-state index in [2.05, 4.69) is 21.2 Å². The van der Waals surface area contributed by atoms with Crippen LogP contribution >= 0.6 is 15.9 Å². The molecule has 1 aromatic carbocycles. The summed E-state index contributed by atoms with van der Waals surface area (Å²) in [5.74, 6) is -0.0188. The lowest BCUT2D eigenvalue weighted by Gasteiger charge is -2.08. The van der Waals surface area contributed by atoms with E-state index in [4.69, 9.17) is 4.74 Å². The highest BCUT2D eigenvalue weighted by molar-refractivity contribution is 9.10. The molecule has 1 aromatic rings. The zero-order valence-electron chi connectivity index (χ0n) is 9.55. The van der Waals surface area contributed by atoms with Crippen LogP contribution in [0.1, 0.15) is 18.9 Å². The van der Waals surface area contributed by atoms with Gasteiger partial charge in [0.15, 0.2) is 0 Å². The van der Waals surface area contributed by atoms with Crippen molar-refractivity contribution in [2.24, 2.45) is 0 Å². The summed E-state index contributed by atoms with van der Waals surface area (Å²) in [5, 5.41) is 2.86. The Morgan fingerprint density at radius 2 is 2.25 bits per heavy atom. The maximum atomic E-state index is 11.5. The lowest BCUT2D eigenvalue weighted by molar-refractivity contribution is -0.117. The monoisotopic (exact) mass is 285 g/mol. The second-order valence-corrected chi connectivity index (χ2v) is 4.37. The molecule has 0 fully saturated rings. The number of halogens is 1. The molecule has 1 amide bonds. The van der Waals surface area contributed by atoms with E-state index in [1.807, 2.05) is 32.0 Å². The molecule has 0 aliphatic heterocycles. The number of benzene rings is 1. The third-order valence-electron chi connectivity index (χ3n) is 2.15. The highest BCUT2D eigenvalue weighted by Gasteiger charge is 2.04. The van der Waals surface area contributed by atoms with Gasteiger partial charge in [0, 0.05) is 16.8 Å². The molecule has 0 radical (unpaired) electrons. The Balaban J connectivity index is 2.52. The standard InChI is InChI=1S/C12H16BrNO2/c1-3-16-7-6-12(15)14-11-8-10(13)5-4-9(11)2/h4-5,8H,3,6-7H2,1-2H3,(H,14,15). The molecule has 0 saturated carbocycles. The molecule has 16 heavy (non-hydrogen) atoms. The Bertz CT molecular complexity index is 366. The van der Waals surface area contributed by atoms with Crippen molar-refractivity contribution in [2.75, 3.05) is 18.5 Å². The summed E-state index contributed by atoms with van der Waals surface area (Å²) in [4.78, 5) is 11.5. The molecule has 88 valence electrons. The van der Waals surface area contributed by atoms with Gasteiger partial charge in [0.25, 0.3) is 0 Å². The summed E-state index contributed by atoms with van der Waals surface area (Å²) in [7, 11) is 0. The number of aryl methyl sites for hydroxylation is 1. The van der Waals surface area contributed by atoms with Gasteiger partial charge in [-0.15, -0.1) is 0 Å². The number of amides is 1. The fourth-order valence-electron chi connectivity index (χ4n) is 1.25. The maximum absolute atomic E-state index is 11.5. The van der Waals surface area contributed by atoms with Crippen LogP contribution in [0.3, 0.4) is 0 Å². The number of nitrogens with one attached hydrogen (secondary N) is 1. The van der Waals surface area contributed by atoms with Gasteiger partial charge in [0.05, 0.1) is 13.0 Å². The molecule has 0 aliphatic carbocycles. The third-order valence-corrected chi connectivity index (χ3v) is 2.64. The first kappa shape index (κ1) is 13.2. The van der Waals surface area contributed by atoms with Crippen molar-refractivity contribution in [1.29, 1.82) is 0 Å². The van der Waals surface area contributed by atoms with Crippen molar-refractivity contribution >= 4 is 27.5 Å². The number of anilines is 1. The van der Waals surface area contributed by atoms with Crippen LogP contribution in [0.15, 0.2) is 22.7 Å². The number of hydrogen-bond acceptors (Lipinski definition) is 2. The number of hydrogen-bond donors (Lipinski definition) is 1. The maximum Gasteiger partial charge on any atom is 0.226 e. The van der Waals surface area contributed by atoms with E-state index in [1.54, 1.807) is 0 Å². The molecule has 4 heteroatoms. The third kappa shape index (κ3) is 4.33. The average molecular weight is 286 g/mol. The Labute approximate surface area is 104 Å². The summed E-state index contributed by atoms with van der Waals surface area (Å²) >= 11 is 3.37. The Morgan fingerprint density at radius 1 is 1.50 bits per heavy atom. The lowest BCUT2D eigenvalue weighted by Crippen LogP contribution is -2.14. The highest BCUT2D eigenvalue weighted by atomic mass is 79.9. The number of rotatable bonds is 5. The predicted molar refractivity (Wildman–Crippen MR) is 68.6 cm³/mol. The largest absolute Gasteiger partial charge is 0.381 e. The summed E-state index contributed by atoms with van der Waals surface area (Å²) in [6.45, 7) is 4.99.